The summed E-state index contributed by atoms with van der Waals surface area (Å²) in [6.45, 7) is 5.99. The molecule has 0 radical (unpaired) electrons. The first-order chi connectivity index (χ1) is 8.10. The van der Waals surface area contributed by atoms with Crippen LogP contribution in [0, 0.1) is 28.6 Å². The molecule has 4 aliphatic rings. The van der Waals surface area contributed by atoms with E-state index in [1.807, 2.05) is 0 Å². The van der Waals surface area contributed by atoms with Crippen LogP contribution in [0.5, 0.6) is 0 Å². The molecule has 0 amide bonds. The Morgan fingerprint density at radius 1 is 1.00 bits per heavy atom. The third-order valence-corrected chi connectivity index (χ3v) is 6.90. The van der Waals surface area contributed by atoms with Crippen molar-refractivity contribution in [2.75, 3.05) is 6.54 Å². The molecule has 0 spiro atoms. The van der Waals surface area contributed by atoms with E-state index in [0.717, 1.165) is 24.3 Å². The monoisotopic (exact) mass is 235 g/mol. The van der Waals surface area contributed by atoms with E-state index in [1.165, 1.54) is 51.4 Å². The van der Waals surface area contributed by atoms with Crippen molar-refractivity contribution in [3.8, 4) is 0 Å². The maximum absolute atomic E-state index is 6.24. The van der Waals surface area contributed by atoms with E-state index in [-0.39, 0.29) is 0 Å². The van der Waals surface area contributed by atoms with Crippen molar-refractivity contribution in [2.24, 2.45) is 34.3 Å². The largest absolute Gasteiger partial charge is 0.330 e. The Morgan fingerprint density at radius 3 is 2.24 bits per heavy atom. The Labute approximate surface area is 107 Å². The zero-order chi connectivity index (χ0) is 12.1. The van der Waals surface area contributed by atoms with Gasteiger partial charge >= 0.3 is 0 Å². The summed E-state index contributed by atoms with van der Waals surface area (Å²) in [7, 11) is 0. The number of rotatable bonds is 2. The SMILES string of the molecule is CC1(C)[C@H]2CCC(C3(CN)CCCCC3)[C@@H]1C2. The van der Waals surface area contributed by atoms with Crippen molar-refractivity contribution < 1.29 is 0 Å². The second-order valence-electron chi connectivity index (χ2n) is 7.67. The molecule has 0 heterocycles. The van der Waals surface area contributed by atoms with Crippen LogP contribution in [-0.4, -0.2) is 6.54 Å². The molecule has 1 unspecified atom stereocenters. The molecule has 4 aliphatic carbocycles. The normalized spacial score (nSPS) is 42.9. The van der Waals surface area contributed by atoms with E-state index in [4.69, 9.17) is 5.73 Å². The molecule has 0 saturated heterocycles. The maximum atomic E-state index is 6.24. The van der Waals surface area contributed by atoms with Gasteiger partial charge in [-0.3, -0.25) is 0 Å². The lowest BCUT2D eigenvalue weighted by atomic mass is 9.41. The van der Waals surface area contributed by atoms with Gasteiger partial charge in [-0.15, -0.1) is 0 Å². The zero-order valence-corrected chi connectivity index (χ0v) is 11.7. The first kappa shape index (κ1) is 12.0. The molecule has 3 atom stereocenters. The predicted octanol–water partition coefficient (Wildman–Crippen LogP) is 3.97. The Bertz CT molecular complexity index is 286. The van der Waals surface area contributed by atoms with Gasteiger partial charge in [-0.2, -0.15) is 0 Å². The van der Waals surface area contributed by atoms with Crippen molar-refractivity contribution in [1.82, 2.24) is 0 Å². The Kier molecular flexibility index (Phi) is 2.81. The number of hydrogen-bond donors (Lipinski definition) is 1. The van der Waals surface area contributed by atoms with E-state index in [2.05, 4.69) is 13.8 Å². The molecule has 2 bridgehead atoms. The molecular weight excluding hydrogens is 206 g/mol. The van der Waals surface area contributed by atoms with E-state index in [0.29, 0.717) is 10.8 Å². The van der Waals surface area contributed by atoms with Crippen molar-refractivity contribution in [2.45, 2.75) is 65.2 Å². The summed E-state index contributed by atoms with van der Waals surface area (Å²) in [4.78, 5) is 0. The van der Waals surface area contributed by atoms with Crippen LogP contribution in [0.3, 0.4) is 0 Å². The van der Waals surface area contributed by atoms with Crippen molar-refractivity contribution >= 4 is 0 Å². The highest BCUT2D eigenvalue weighted by Gasteiger charge is 2.58. The van der Waals surface area contributed by atoms with Crippen LogP contribution in [0.4, 0.5) is 0 Å². The van der Waals surface area contributed by atoms with Crippen LogP contribution in [-0.2, 0) is 0 Å². The van der Waals surface area contributed by atoms with Crippen LogP contribution >= 0.6 is 0 Å². The third-order valence-electron chi connectivity index (χ3n) is 6.90. The van der Waals surface area contributed by atoms with Crippen molar-refractivity contribution in [3.63, 3.8) is 0 Å². The van der Waals surface area contributed by atoms with Crippen LogP contribution in [0.15, 0.2) is 0 Å². The third kappa shape index (κ3) is 1.61. The van der Waals surface area contributed by atoms with Crippen LogP contribution in [0.25, 0.3) is 0 Å². The van der Waals surface area contributed by atoms with E-state index < -0.39 is 0 Å². The summed E-state index contributed by atoms with van der Waals surface area (Å²) in [6.07, 6.45) is 11.6. The van der Waals surface area contributed by atoms with Gasteiger partial charge in [0, 0.05) is 0 Å². The standard InChI is InChI=1S/C16H29N/c1-15(2)12-6-7-13(14(15)10-12)16(11-17)8-4-3-5-9-16/h12-14H,3-11,17H2,1-2H3/t12-,13?,14-/m0/s1. The summed E-state index contributed by atoms with van der Waals surface area (Å²) in [5.74, 6) is 2.97. The van der Waals surface area contributed by atoms with Gasteiger partial charge in [0.2, 0.25) is 0 Å². The van der Waals surface area contributed by atoms with Gasteiger partial charge < -0.3 is 5.73 Å². The number of nitrogens with two attached hydrogens (primary N) is 1. The fourth-order valence-electron chi connectivity index (χ4n) is 5.53. The predicted molar refractivity (Wildman–Crippen MR) is 72.7 cm³/mol. The van der Waals surface area contributed by atoms with Crippen LogP contribution in [0.2, 0.25) is 0 Å². The van der Waals surface area contributed by atoms with E-state index in [9.17, 15) is 0 Å². The molecule has 4 saturated carbocycles. The van der Waals surface area contributed by atoms with Gasteiger partial charge in [-0.1, -0.05) is 33.1 Å². The molecule has 0 aliphatic heterocycles. The summed E-state index contributed by atoms with van der Waals surface area (Å²) in [5, 5.41) is 0. The number of hydrogen-bond acceptors (Lipinski definition) is 1. The van der Waals surface area contributed by atoms with Crippen LogP contribution < -0.4 is 5.73 Å². The summed E-state index contributed by atoms with van der Waals surface area (Å²) in [5.41, 5.74) is 7.40. The minimum atomic E-state index is 0.533. The quantitative estimate of drug-likeness (QED) is 0.770. The Hall–Kier alpha value is -0.0400. The first-order valence-corrected chi connectivity index (χ1v) is 7.80. The zero-order valence-electron chi connectivity index (χ0n) is 11.7. The molecule has 2 N–H and O–H groups in total. The first-order valence-electron chi connectivity index (χ1n) is 7.80. The minimum Gasteiger partial charge on any atom is -0.330 e. The summed E-state index contributed by atoms with van der Waals surface area (Å²) < 4.78 is 0. The molecule has 98 valence electrons. The highest BCUT2D eigenvalue weighted by atomic mass is 14.7. The average molecular weight is 235 g/mol. The van der Waals surface area contributed by atoms with E-state index in [1.54, 1.807) is 0 Å². The molecule has 1 nitrogen and oxygen atoms in total. The lowest BCUT2D eigenvalue weighted by Crippen LogP contribution is -2.58. The highest BCUT2D eigenvalue weighted by Crippen LogP contribution is 2.66. The van der Waals surface area contributed by atoms with Gasteiger partial charge in [-0.25, -0.2) is 0 Å². The molecule has 0 aromatic heterocycles. The van der Waals surface area contributed by atoms with Crippen molar-refractivity contribution in [3.05, 3.63) is 0 Å². The average Bonchev–Trinajstić information content (AvgIpc) is 2.39. The molecule has 1 heteroatoms. The number of fused-ring (bicyclic) bond motifs is 2. The maximum Gasteiger partial charge on any atom is -0.00178 e. The van der Waals surface area contributed by atoms with Gasteiger partial charge in [0.05, 0.1) is 0 Å². The lowest BCUT2D eigenvalue weighted by molar-refractivity contribution is -0.149. The molecule has 17 heavy (non-hydrogen) atoms. The van der Waals surface area contributed by atoms with Gasteiger partial charge in [-0.05, 0) is 67.2 Å². The van der Waals surface area contributed by atoms with Crippen molar-refractivity contribution in [1.29, 1.82) is 0 Å². The molecule has 4 fully saturated rings. The minimum absolute atomic E-state index is 0.533. The molecule has 4 rings (SSSR count). The van der Waals surface area contributed by atoms with Gasteiger partial charge in [0.15, 0.2) is 0 Å². The molecule has 0 aromatic rings. The second-order valence-corrected chi connectivity index (χ2v) is 7.67. The summed E-state index contributed by atoms with van der Waals surface area (Å²) in [6, 6.07) is 0. The van der Waals surface area contributed by atoms with Gasteiger partial charge in [0.1, 0.15) is 0 Å². The smallest absolute Gasteiger partial charge is 0.00178 e. The van der Waals surface area contributed by atoms with Crippen LogP contribution in [0.1, 0.15) is 65.2 Å². The highest BCUT2D eigenvalue weighted by molar-refractivity contribution is 5.08. The second kappa shape index (κ2) is 3.98. The van der Waals surface area contributed by atoms with E-state index >= 15 is 0 Å². The molecular formula is C16H29N. The fraction of sp³-hybridized carbons (Fsp3) is 1.00. The topological polar surface area (TPSA) is 26.0 Å². The molecule has 0 aromatic carbocycles. The Morgan fingerprint density at radius 2 is 1.71 bits per heavy atom. The summed E-state index contributed by atoms with van der Waals surface area (Å²) >= 11 is 0. The Balaban J connectivity index is 1.82. The lowest BCUT2D eigenvalue weighted by Gasteiger charge is -2.64. The fourth-order valence-corrected chi connectivity index (χ4v) is 5.53. The van der Waals surface area contributed by atoms with Gasteiger partial charge in [0.25, 0.3) is 0 Å².